The maximum atomic E-state index is 12.4. The van der Waals surface area contributed by atoms with Crippen LogP contribution in [0.15, 0.2) is 30.3 Å². The molecule has 1 aromatic carbocycles. The summed E-state index contributed by atoms with van der Waals surface area (Å²) in [5, 5.41) is 3.04. The molecule has 1 amide bonds. The lowest BCUT2D eigenvalue weighted by molar-refractivity contribution is -0.147. The normalized spacial score (nSPS) is 23.1. The van der Waals surface area contributed by atoms with Crippen molar-refractivity contribution in [1.82, 2.24) is 5.32 Å². The first-order valence-corrected chi connectivity index (χ1v) is 7.56. The second kappa shape index (κ2) is 7.25. The first-order chi connectivity index (χ1) is 10.1. The lowest BCUT2D eigenvalue weighted by Gasteiger charge is -2.31. The van der Waals surface area contributed by atoms with Gasteiger partial charge >= 0.3 is 5.97 Å². The summed E-state index contributed by atoms with van der Waals surface area (Å²) >= 11 is 0. The SMILES string of the molecule is COC(=O)[C@@H]1CCCC[C@H]1NC(=O)[C@@H](C)c1ccccc1. The van der Waals surface area contributed by atoms with E-state index in [1.807, 2.05) is 37.3 Å². The van der Waals surface area contributed by atoms with Crippen molar-refractivity contribution in [1.29, 1.82) is 0 Å². The van der Waals surface area contributed by atoms with Crippen molar-refractivity contribution < 1.29 is 14.3 Å². The van der Waals surface area contributed by atoms with Crippen LogP contribution in [-0.4, -0.2) is 25.0 Å². The van der Waals surface area contributed by atoms with Crippen LogP contribution in [0.5, 0.6) is 0 Å². The highest BCUT2D eigenvalue weighted by Crippen LogP contribution is 2.26. The number of benzene rings is 1. The Balaban J connectivity index is 2.01. The Morgan fingerprint density at radius 2 is 1.86 bits per heavy atom. The molecule has 0 saturated heterocycles. The van der Waals surface area contributed by atoms with Crippen molar-refractivity contribution in [3.05, 3.63) is 35.9 Å². The molecule has 0 aliphatic heterocycles. The molecule has 0 bridgehead atoms. The third-order valence-electron chi connectivity index (χ3n) is 4.29. The molecule has 0 spiro atoms. The summed E-state index contributed by atoms with van der Waals surface area (Å²) < 4.78 is 4.86. The molecule has 0 unspecified atom stereocenters. The molecule has 0 heterocycles. The molecule has 1 aliphatic rings. The van der Waals surface area contributed by atoms with Crippen molar-refractivity contribution in [2.45, 2.75) is 44.6 Å². The minimum Gasteiger partial charge on any atom is -0.469 e. The predicted molar refractivity (Wildman–Crippen MR) is 80.8 cm³/mol. The maximum Gasteiger partial charge on any atom is 0.310 e. The molecule has 0 radical (unpaired) electrons. The van der Waals surface area contributed by atoms with Crippen LogP contribution in [-0.2, 0) is 14.3 Å². The Morgan fingerprint density at radius 3 is 2.52 bits per heavy atom. The average molecular weight is 289 g/mol. The minimum atomic E-state index is -0.216. The number of nitrogens with one attached hydrogen (secondary N) is 1. The fourth-order valence-electron chi connectivity index (χ4n) is 2.94. The van der Waals surface area contributed by atoms with Gasteiger partial charge in [0, 0.05) is 6.04 Å². The number of carbonyl (C=O) groups excluding carboxylic acids is 2. The van der Waals surface area contributed by atoms with Gasteiger partial charge in [-0.3, -0.25) is 9.59 Å². The largest absolute Gasteiger partial charge is 0.469 e. The predicted octanol–water partition coefficient (Wildman–Crippen LogP) is 2.64. The molecule has 4 heteroatoms. The second-order valence-electron chi connectivity index (χ2n) is 5.66. The van der Waals surface area contributed by atoms with Gasteiger partial charge < -0.3 is 10.1 Å². The maximum absolute atomic E-state index is 12.4. The molecular formula is C17H23NO3. The number of rotatable bonds is 4. The zero-order chi connectivity index (χ0) is 15.2. The third kappa shape index (κ3) is 3.84. The van der Waals surface area contributed by atoms with Crippen molar-refractivity contribution in [2.75, 3.05) is 7.11 Å². The first kappa shape index (κ1) is 15.5. The van der Waals surface area contributed by atoms with Crippen LogP contribution >= 0.6 is 0 Å². The van der Waals surface area contributed by atoms with Crippen LogP contribution in [0.3, 0.4) is 0 Å². The Bertz CT molecular complexity index is 486. The van der Waals surface area contributed by atoms with E-state index in [0.717, 1.165) is 31.2 Å². The van der Waals surface area contributed by atoms with Crippen LogP contribution in [0, 0.1) is 5.92 Å². The number of esters is 1. The highest BCUT2D eigenvalue weighted by atomic mass is 16.5. The molecule has 1 aromatic rings. The van der Waals surface area contributed by atoms with Gasteiger partial charge in [-0.1, -0.05) is 43.2 Å². The average Bonchev–Trinajstić information content (AvgIpc) is 2.54. The van der Waals surface area contributed by atoms with E-state index in [1.165, 1.54) is 7.11 Å². The molecule has 1 saturated carbocycles. The van der Waals surface area contributed by atoms with Gasteiger partial charge in [-0.2, -0.15) is 0 Å². The van der Waals surface area contributed by atoms with Gasteiger partial charge in [-0.05, 0) is 25.3 Å². The number of carbonyl (C=O) groups is 2. The van der Waals surface area contributed by atoms with E-state index in [-0.39, 0.29) is 29.8 Å². The van der Waals surface area contributed by atoms with E-state index in [9.17, 15) is 9.59 Å². The molecule has 21 heavy (non-hydrogen) atoms. The van der Waals surface area contributed by atoms with Crippen LogP contribution in [0.1, 0.15) is 44.1 Å². The van der Waals surface area contributed by atoms with E-state index in [4.69, 9.17) is 4.74 Å². The number of hydrogen-bond donors (Lipinski definition) is 1. The molecule has 3 atom stereocenters. The molecule has 1 fully saturated rings. The number of amides is 1. The summed E-state index contributed by atoms with van der Waals surface area (Å²) in [7, 11) is 1.41. The molecule has 0 aromatic heterocycles. The minimum absolute atomic E-state index is 0.0259. The highest BCUT2D eigenvalue weighted by molar-refractivity contribution is 5.84. The van der Waals surface area contributed by atoms with Crippen molar-refractivity contribution >= 4 is 11.9 Å². The standard InChI is InChI=1S/C17H23NO3/c1-12(13-8-4-3-5-9-13)16(19)18-15-11-7-6-10-14(15)17(20)21-2/h3-5,8-9,12,14-15H,6-7,10-11H2,1-2H3,(H,18,19)/t12-,14+,15+/m0/s1. The monoisotopic (exact) mass is 289 g/mol. The second-order valence-corrected chi connectivity index (χ2v) is 5.66. The van der Waals surface area contributed by atoms with E-state index in [0.29, 0.717) is 0 Å². The summed E-state index contributed by atoms with van der Waals surface area (Å²) in [6.45, 7) is 1.89. The van der Waals surface area contributed by atoms with Gasteiger partial charge in [0.25, 0.3) is 0 Å². The van der Waals surface area contributed by atoms with Gasteiger partial charge in [0.15, 0.2) is 0 Å². The Morgan fingerprint density at radius 1 is 1.19 bits per heavy atom. The van der Waals surface area contributed by atoms with Gasteiger partial charge in [0.05, 0.1) is 18.9 Å². The molecule has 2 rings (SSSR count). The first-order valence-electron chi connectivity index (χ1n) is 7.56. The van der Waals surface area contributed by atoms with Crippen molar-refractivity contribution in [3.63, 3.8) is 0 Å². The summed E-state index contributed by atoms with van der Waals surface area (Å²) in [5.74, 6) is -0.670. The molecule has 114 valence electrons. The number of hydrogen-bond acceptors (Lipinski definition) is 3. The van der Waals surface area contributed by atoms with E-state index >= 15 is 0 Å². The van der Waals surface area contributed by atoms with Crippen LogP contribution in [0.4, 0.5) is 0 Å². The van der Waals surface area contributed by atoms with Crippen molar-refractivity contribution in [3.8, 4) is 0 Å². The zero-order valence-corrected chi connectivity index (χ0v) is 12.7. The number of methoxy groups -OCH3 is 1. The summed E-state index contributed by atoms with van der Waals surface area (Å²) in [6.07, 6.45) is 3.68. The summed E-state index contributed by atoms with van der Waals surface area (Å²) in [6, 6.07) is 9.58. The third-order valence-corrected chi connectivity index (χ3v) is 4.29. The molecule has 1 N–H and O–H groups in total. The van der Waals surface area contributed by atoms with Crippen LogP contribution in [0.25, 0.3) is 0 Å². The Hall–Kier alpha value is -1.84. The highest BCUT2D eigenvalue weighted by Gasteiger charge is 2.33. The molecule has 4 nitrogen and oxygen atoms in total. The van der Waals surface area contributed by atoms with Gasteiger partial charge in [0.2, 0.25) is 5.91 Å². The van der Waals surface area contributed by atoms with E-state index in [2.05, 4.69) is 5.32 Å². The van der Waals surface area contributed by atoms with E-state index < -0.39 is 0 Å². The number of ether oxygens (including phenoxy) is 1. The lowest BCUT2D eigenvalue weighted by Crippen LogP contribution is -2.46. The Labute approximate surface area is 125 Å². The van der Waals surface area contributed by atoms with Gasteiger partial charge in [0.1, 0.15) is 0 Å². The molecular weight excluding hydrogens is 266 g/mol. The lowest BCUT2D eigenvalue weighted by atomic mass is 9.84. The Kier molecular flexibility index (Phi) is 5.37. The van der Waals surface area contributed by atoms with Crippen LogP contribution in [0.2, 0.25) is 0 Å². The van der Waals surface area contributed by atoms with Gasteiger partial charge in [-0.25, -0.2) is 0 Å². The zero-order valence-electron chi connectivity index (χ0n) is 12.7. The van der Waals surface area contributed by atoms with E-state index in [1.54, 1.807) is 0 Å². The fourth-order valence-corrected chi connectivity index (χ4v) is 2.94. The fraction of sp³-hybridized carbons (Fsp3) is 0.529. The molecule has 1 aliphatic carbocycles. The van der Waals surface area contributed by atoms with Gasteiger partial charge in [-0.15, -0.1) is 0 Å². The quantitative estimate of drug-likeness (QED) is 0.867. The van der Waals surface area contributed by atoms with Crippen LogP contribution < -0.4 is 5.32 Å². The topological polar surface area (TPSA) is 55.4 Å². The summed E-state index contributed by atoms with van der Waals surface area (Å²) in [4.78, 5) is 24.2. The summed E-state index contributed by atoms with van der Waals surface area (Å²) in [5.41, 5.74) is 0.987. The van der Waals surface area contributed by atoms with Crippen molar-refractivity contribution in [2.24, 2.45) is 5.92 Å². The smallest absolute Gasteiger partial charge is 0.310 e.